The summed E-state index contributed by atoms with van der Waals surface area (Å²) < 4.78 is 5.42. The molecule has 0 atom stereocenters. The number of hydrogen-bond acceptors (Lipinski definition) is 6. The van der Waals surface area contributed by atoms with Gasteiger partial charge >= 0.3 is 5.63 Å². The van der Waals surface area contributed by atoms with Gasteiger partial charge in [-0.2, -0.15) is 0 Å². The van der Waals surface area contributed by atoms with Crippen LogP contribution < -0.4 is 5.63 Å². The Hall–Kier alpha value is -1.60. The first-order valence-electron chi connectivity index (χ1n) is 8.07. The van der Waals surface area contributed by atoms with E-state index >= 15 is 0 Å². The van der Waals surface area contributed by atoms with E-state index in [9.17, 15) is 4.79 Å². The van der Waals surface area contributed by atoms with E-state index in [1.54, 1.807) is 18.2 Å². The second-order valence-corrected chi connectivity index (χ2v) is 7.70. The standard InChI is InChI=1S/C18H15Cl2N3O2S/c1-26-18-21-7-10-8-23(5-4-14(10)22-18)9-13-16(20)12-6-11(19)2-3-15(12)25-17(13)24/h2-3,6-7H,4-5,8-9H2,1H3. The van der Waals surface area contributed by atoms with E-state index in [0.29, 0.717) is 39.7 Å². The van der Waals surface area contributed by atoms with Crippen LogP contribution in [0.1, 0.15) is 16.8 Å². The lowest BCUT2D eigenvalue weighted by Crippen LogP contribution is -2.32. The summed E-state index contributed by atoms with van der Waals surface area (Å²) in [5.41, 5.74) is 2.63. The molecule has 1 aliphatic rings. The first-order valence-corrected chi connectivity index (χ1v) is 10.0. The molecule has 8 heteroatoms. The van der Waals surface area contributed by atoms with Gasteiger partial charge in [-0.05, 0) is 24.5 Å². The summed E-state index contributed by atoms with van der Waals surface area (Å²) in [6, 6.07) is 5.05. The third-order valence-corrected chi connectivity index (χ3v) is 5.68. The lowest BCUT2D eigenvalue weighted by molar-refractivity contribution is 0.239. The lowest BCUT2D eigenvalue weighted by atomic mass is 10.1. The lowest BCUT2D eigenvalue weighted by Gasteiger charge is -2.27. The maximum atomic E-state index is 12.4. The Bertz CT molecular complexity index is 1050. The Kier molecular flexibility index (Phi) is 4.92. The normalized spacial score (nSPS) is 14.6. The van der Waals surface area contributed by atoms with Crippen molar-refractivity contribution < 1.29 is 4.42 Å². The Morgan fingerprint density at radius 1 is 1.35 bits per heavy atom. The molecular weight excluding hydrogens is 393 g/mol. The van der Waals surface area contributed by atoms with Gasteiger partial charge in [0, 0.05) is 48.2 Å². The maximum Gasteiger partial charge on any atom is 0.342 e. The second kappa shape index (κ2) is 7.19. The number of hydrogen-bond donors (Lipinski definition) is 0. The molecule has 134 valence electrons. The molecule has 0 bridgehead atoms. The Balaban J connectivity index is 1.64. The van der Waals surface area contributed by atoms with Crippen LogP contribution in [0, 0.1) is 0 Å². The van der Waals surface area contributed by atoms with Gasteiger partial charge in [0.05, 0.1) is 16.3 Å². The molecule has 0 N–H and O–H groups in total. The molecule has 4 rings (SSSR count). The zero-order valence-electron chi connectivity index (χ0n) is 14.0. The van der Waals surface area contributed by atoms with Crippen LogP contribution >= 0.6 is 35.0 Å². The molecule has 5 nitrogen and oxygen atoms in total. The monoisotopic (exact) mass is 407 g/mol. The zero-order valence-corrected chi connectivity index (χ0v) is 16.3. The van der Waals surface area contributed by atoms with Gasteiger partial charge in [0.2, 0.25) is 0 Å². The largest absolute Gasteiger partial charge is 0.422 e. The molecule has 0 saturated heterocycles. The highest BCUT2D eigenvalue weighted by atomic mass is 35.5. The fourth-order valence-corrected chi connectivity index (χ4v) is 3.94. The number of benzene rings is 1. The van der Waals surface area contributed by atoms with Gasteiger partial charge in [-0.25, -0.2) is 14.8 Å². The minimum absolute atomic E-state index is 0.401. The van der Waals surface area contributed by atoms with Gasteiger partial charge in [0.1, 0.15) is 5.58 Å². The molecule has 0 unspecified atom stereocenters. The van der Waals surface area contributed by atoms with Gasteiger partial charge in [0.25, 0.3) is 0 Å². The Labute approximate surface area is 164 Å². The number of fused-ring (bicyclic) bond motifs is 2. The minimum Gasteiger partial charge on any atom is -0.422 e. The molecule has 26 heavy (non-hydrogen) atoms. The van der Waals surface area contributed by atoms with Crippen LogP contribution in [0.4, 0.5) is 0 Å². The number of thioether (sulfide) groups is 1. The van der Waals surface area contributed by atoms with E-state index in [-0.39, 0.29) is 0 Å². The molecule has 0 spiro atoms. The van der Waals surface area contributed by atoms with Crippen LogP contribution in [0.15, 0.2) is 38.8 Å². The highest BCUT2D eigenvalue weighted by molar-refractivity contribution is 7.98. The van der Waals surface area contributed by atoms with Crippen LogP contribution in [-0.4, -0.2) is 27.7 Å². The second-order valence-electron chi connectivity index (χ2n) is 6.11. The third kappa shape index (κ3) is 3.34. The number of halogens is 2. The van der Waals surface area contributed by atoms with Crippen LogP contribution in [0.25, 0.3) is 11.0 Å². The van der Waals surface area contributed by atoms with Crippen molar-refractivity contribution in [1.29, 1.82) is 0 Å². The predicted octanol–water partition coefficient (Wildman–Crippen LogP) is 4.17. The predicted molar refractivity (Wildman–Crippen MR) is 104 cm³/mol. The summed E-state index contributed by atoms with van der Waals surface area (Å²) in [6.07, 6.45) is 4.64. The number of nitrogens with zero attached hydrogens (tertiary/aromatic N) is 3. The first-order chi connectivity index (χ1) is 12.5. The summed E-state index contributed by atoms with van der Waals surface area (Å²) >= 11 is 14.1. The SMILES string of the molecule is CSc1ncc2c(n1)CCN(Cc1c(Cl)c3cc(Cl)ccc3oc1=O)C2. The van der Waals surface area contributed by atoms with Crippen LogP contribution in [0.5, 0.6) is 0 Å². The van der Waals surface area contributed by atoms with Crippen LogP contribution in [0.3, 0.4) is 0 Å². The highest BCUT2D eigenvalue weighted by Gasteiger charge is 2.22. The van der Waals surface area contributed by atoms with E-state index in [0.717, 1.165) is 29.4 Å². The molecule has 3 aromatic rings. The maximum absolute atomic E-state index is 12.4. The van der Waals surface area contributed by atoms with Crippen molar-refractivity contribution in [3.63, 3.8) is 0 Å². The smallest absolute Gasteiger partial charge is 0.342 e. The molecule has 1 aliphatic heterocycles. The van der Waals surface area contributed by atoms with E-state index in [4.69, 9.17) is 27.6 Å². The molecule has 0 amide bonds. The highest BCUT2D eigenvalue weighted by Crippen LogP contribution is 2.29. The topological polar surface area (TPSA) is 59.2 Å². The summed E-state index contributed by atoms with van der Waals surface area (Å²) in [5, 5.41) is 2.39. The van der Waals surface area contributed by atoms with Gasteiger partial charge in [0.15, 0.2) is 5.16 Å². The van der Waals surface area contributed by atoms with E-state index in [2.05, 4.69) is 14.9 Å². The minimum atomic E-state index is -0.412. The molecule has 0 saturated carbocycles. The molecule has 0 radical (unpaired) electrons. The van der Waals surface area contributed by atoms with Crippen LogP contribution in [0.2, 0.25) is 10.0 Å². The molecule has 3 heterocycles. The van der Waals surface area contributed by atoms with Crippen LogP contribution in [-0.2, 0) is 19.5 Å². The molecule has 2 aromatic heterocycles. The average molecular weight is 408 g/mol. The summed E-state index contributed by atoms with van der Waals surface area (Å²) in [6.45, 7) is 1.88. The molecule has 0 fully saturated rings. The van der Waals surface area contributed by atoms with Gasteiger partial charge in [-0.15, -0.1) is 0 Å². The summed E-state index contributed by atoms with van der Waals surface area (Å²) in [7, 11) is 0. The fraction of sp³-hybridized carbons (Fsp3) is 0.278. The molecule has 0 aliphatic carbocycles. The molecular formula is C18H15Cl2N3O2S. The molecule has 1 aromatic carbocycles. The fourth-order valence-electron chi connectivity index (χ4n) is 3.12. The van der Waals surface area contributed by atoms with Crippen molar-refractivity contribution >= 4 is 45.9 Å². The van der Waals surface area contributed by atoms with Crippen molar-refractivity contribution in [3.8, 4) is 0 Å². The summed E-state index contributed by atoms with van der Waals surface area (Å²) in [4.78, 5) is 23.5. The average Bonchev–Trinajstić information content (AvgIpc) is 2.65. The Morgan fingerprint density at radius 2 is 2.19 bits per heavy atom. The van der Waals surface area contributed by atoms with Crippen molar-refractivity contribution in [2.75, 3.05) is 12.8 Å². The third-order valence-electron chi connectivity index (χ3n) is 4.45. The summed E-state index contributed by atoms with van der Waals surface area (Å²) in [5.74, 6) is 0. The number of aromatic nitrogens is 2. The number of rotatable bonds is 3. The van der Waals surface area contributed by atoms with E-state index in [1.807, 2.05) is 12.5 Å². The van der Waals surface area contributed by atoms with Crippen molar-refractivity contribution in [1.82, 2.24) is 14.9 Å². The quantitative estimate of drug-likeness (QED) is 0.368. The zero-order chi connectivity index (χ0) is 18.3. The van der Waals surface area contributed by atoms with Crippen molar-refractivity contribution in [2.24, 2.45) is 0 Å². The van der Waals surface area contributed by atoms with E-state index in [1.165, 1.54) is 11.8 Å². The van der Waals surface area contributed by atoms with Gasteiger partial charge in [-0.3, -0.25) is 4.90 Å². The van der Waals surface area contributed by atoms with Crippen molar-refractivity contribution in [3.05, 3.63) is 61.7 Å². The Morgan fingerprint density at radius 3 is 3.00 bits per heavy atom. The van der Waals surface area contributed by atoms with Gasteiger partial charge < -0.3 is 4.42 Å². The van der Waals surface area contributed by atoms with Crippen molar-refractivity contribution in [2.45, 2.75) is 24.7 Å². The van der Waals surface area contributed by atoms with E-state index < -0.39 is 5.63 Å². The first kappa shape index (κ1) is 17.8. The van der Waals surface area contributed by atoms with Gasteiger partial charge in [-0.1, -0.05) is 35.0 Å².